The van der Waals surface area contributed by atoms with Crippen LogP contribution in [-0.2, 0) is 7.05 Å². The van der Waals surface area contributed by atoms with Gasteiger partial charge in [0.15, 0.2) is 5.76 Å². The highest BCUT2D eigenvalue weighted by Crippen LogP contribution is 2.19. The van der Waals surface area contributed by atoms with Gasteiger partial charge in [-0.1, -0.05) is 36.4 Å². The molecular weight excluding hydrogens is 302 g/mol. The largest absolute Gasteiger partial charge is 0.451 e. The zero-order chi connectivity index (χ0) is 16.5. The average Bonchev–Trinajstić information content (AvgIpc) is 3.17. The molecule has 0 unspecified atom stereocenters. The Balaban J connectivity index is 1.55. The first-order valence-electron chi connectivity index (χ1n) is 7.58. The molecule has 2 heterocycles. The first kappa shape index (κ1) is 14.3. The van der Waals surface area contributed by atoms with E-state index in [-0.39, 0.29) is 11.7 Å². The lowest BCUT2D eigenvalue weighted by atomic mass is 10.2. The van der Waals surface area contributed by atoms with E-state index in [1.54, 1.807) is 12.3 Å². The lowest BCUT2D eigenvalue weighted by molar-refractivity contribution is 0.0929. The Bertz CT molecular complexity index is 1040. The van der Waals surface area contributed by atoms with Crippen LogP contribution >= 0.6 is 0 Å². The minimum absolute atomic E-state index is 0.242. The van der Waals surface area contributed by atoms with E-state index in [1.807, 2.05) is 66.3 Å². The maximum atomic E-state index is 12.1. The Labute approximate surface area is 138 Å². The lowest BCUT2D eigenvalue weighted by Gasteiger charge is -1.95. The summed E-state index contributed by atoms with van der Waals surface area (Å²) in [6.45, 7) is 0. The maximum absolute atomic E-state index is 12.1. The van der Waals surface area contributed by atoms with Crippen molar-refractivity contribution in [2.45, 2.75) is 0 Å². The van der Waals surface area contributed by atoms with E-state index in [4.69, 9.17) is 4.42 Å². The van der Waals surface area contributed by atoms with Crippen molar-refractivity contribution in [3.63, 3.8) is 0 Å². The molecule has 4 aromatic rings. The molecule has 2 aromatic carbocycles. The highest BCUT2D eigenvalue weighted by atomic mass is 16.3. The van der Waals surface area contributed by atoms with Gasteiger partial charge in [0.05, 0.1) is 6.21 Å². The molecule has 0 radical (unpaired) electrons. The number of aryl methyl sites for hydroxylation is 1. The van der Waals surface area contributed by atoms with Gasteiger partial charge in [0.1, 0.15) is 5.58 Å². The number of furan rings is 1. The number of aromatic nitrogens is 1. The van der Waals surface area contributed by atoms with Gasteiger partial charge in [0, 0.05) is 35.1 Å². The van der Waals surface area contributed by atoms with Crippen LogP contribution in [0.4, 0.5) is 0 Å². The highest BCUT2D eigenvalue weighted by Gasteiger charge is 2.11. The second kappa shape index (κ2) is 5.70. The Morgan fingerprint density at radius 1 is 1.17 bits per heavy atom. The maximum Gasteiger partial charge on any atom is 0.307 e. The van der Waals surface area contributed by atoms with Crippen LogP contribution in [0.3, 0.4) is 0 Å². The summed E-state index contributed by atoms with van der Waals surface area (Å²) in [6.07, 6.45) is 3.62. The molecule has 4 rings (SSSR count). The topological polar surface area (TPSA) is 59.5 Å². The van der Waals surface area contributed by atoms with Crippen molar-refractivity contribution in [2.75, 3.05) is 0 Å². The zero-order valence-corrected chi connectivity index (χ0v) is 13.1. The molecule has 0 aliphatic rings. The third-order valence-corrected chi connectivity index (χ3v) is 3.95. The van der Waals surface area contributed by atoms with Gasteiger partial charge in [0.2, 0.25) is 0 Å². The molecule has 0 saturated carbocycles. The summed E-state index contributed by atoms with van der Waals surface area (Å²) in [5, 5.41) is 6.03. The number of hydrazone groups is 1. The molecule has 5 heteroatoms. The standard InChI is InChI=1S/C19H15N3O2/c1-22-12-14(15-7-3-4-8-16(15)22)11-20-21-19(23)18-10-13-6-2-5-9-17(13)24-18/h2-12H,1H3,(H,21,23)/b20-11-. The van der Waals surface area contributed by atoms with Crippen LogP contribution in [0.15, 0.2) is 70.3 Å². The molecule has 0 bridgehead atoms. The predicted octanol–water partition coefficient (Wildman–Crippen LogP) is 3.69. The fraction of sp³-hybridized carbons (Fsp3) is 0.0526. The number of benzene rings is 2. The number of rotatable bonds is 3. The molecule has 0 aliphatic carbocycles. The third kappa shape index (κ3) is 2.46. The molecule has 0 saturated heterocycles. The van der Waals surface area contributed by atoms with E-state index in [1.165, 1.54) is 0 Å². The molecule has 118 valence electrons. The van der Waals surface area contributed by atoms with Crippen molar-refractivity contribution in [1.82, 2.24) is 9.99 Å². The summed E-state index contributed by atoms with van der Waals surface area (Å²) in [6, 6.07) is 17.2. The molecule has 1 N–H and O–H groups in total. The second-order valence-corrected chi connectivity index (χ2v) is 5.56. The van der Waals surface area contributed by atoms with Crippen molar-refractivity contribution >= 4 is 34.0 Å². The number of hydrogen-bond acceptors (Lipinski definition) is 3. The minimum Gasteiger partial charge on any atom is -0.451 e. The number of carbonyl (C=O) groups is 1. The molecule has 24 heavy (non-hydrogen) atoms. The summed E-state index contributed by atoms with van der Waals surface area (Å²) in [4.78, 5) is 12.1. The fourth-order valence-electron chi connectivity index (χ4n) is 2.79. The van der Waals surface area contributed by atoms with Crippen LogP contribution in [-0.4, -0.2) is 16.7 Å². The number of hydrogen-bond donors (Lipinski definition) is 1. The van der Waals surface area contributed by atoms with Crippen molar-refractivity contribution in [3.8, 4) is 0 Å². The van der Waals surface area contributed by atoms with Gasteiger partial charge in [-0.15, -0.1) is 0 Å². The van der Waals surface area contributed by atoms with Gasteiger partial charge in [-0.05, 0) is 18.2 Å². The summed E-state index contributed by atoms with van der Waals surface area (Å²) in [7, 11) is 1.98. The van der Waals surface area contributed by atoms with Gasteiger partial charge < -0.3 is 8.98 Å². The molecule has 0 fully saturated rings. The fourth-order valence-corrected chi connectivity index (χ4v) is 2.79. The average molecular weight is 317 g/mol. The molecule has 0 spiro atoms. The van der Waals surface area contributed by atoms with Crippen LogP contribution in [0.5, 0.6) is 0 Å². The van der Waals surface area contributed by atoms with Gasteiger partial charge in [-0.25, -0.2) is 5.43 Å². The number of nitrogens with one attached hydrogen (secondary N) is 1. The highest BCUT2D eigenvalue weighted by molar-refractivity contribution is 6.00. The van der Waals surface area contributed by atoms with Crippen LogP contribution in [0.2, 0.25) is 0 Å². The van der Waals surface area contributed by atoms with Crippen LogP contribution in [0.1, 0.15) is 16.1 Å². The Morgan fingerprint density at radius 3 is 2.83 bits per heavy atom. The molecule has 1 amide bonds. The summed E-state index contributed by atoms with van der Waals surface area (Å²) in [5.74, 6) is -0.131. The smallest absolute Gasteiger partial charge is 0.307 e. The number of amides is 1. The normalized spacial score (nSPS) is 11.5. The van der Waals surface area contributed by atoms with E-state index < -0.39 is 0 Å². The summed E-state index contributed by atoms with van der Waals surface area (Å²) >= 11 is 0. The van der Waals surface area contributed by atoms with Crippen LogP contribution in [0, 0.1) is 0 Å². The number of carbonyl (C=O) groups excluding carboxylic acids is 1. The van der Waals surface area contributed by atoms with E-state index >= 15 is 0 Å². The number of para-hydroxylation sites is 2. The van der Waals surface area contributed by atoms with E-state index in [0.29, 0.717) is 5.58 Å². The van der Waals surface area contributed by atoms with Crippen molar-refractivity contribution in [1.29, 1.82) is 0 Å². The van der Waals surface area contributed by atoms with Crippen LogP contribution in [0.25, 0.3) is 21.9 Å². The van der Waals surface area contributed by atoms with Crippen LogP contribution < -0.4 is 5.43 Å². The summed E-state index contributed by atoms with van der Waals surface area (Å²) in [5.41, 5.74) is 5.25. The minimum atomic E-state index is -0.373. The monoisotopic (exact) mass is 317 g/mol. The second-order valence-electron chi connectivity index (χ2n) is 5.56. The molecular formula is C19H15N3O2. The summed E-state index contributed by atoms with van der Waals surface area (Å²) < 4.78 is 7.54. The van der Waals surface area contributed by atoms with Crippen molar-refractivity contribution < 1.29 is 9.21 Å². The Morgan fingerprint density at radius 2 is 1.96 bits per heavy atom. The molecule has 0 aliphatic heterocycles. The number of fused-ring (bicyclic) bond motifs is 2. The first-order valence-corrected chi connectivity index (χ1v) is 7.58. The molecule has 0 atom stereocenters. The zero-order valence-electron chi connectivity index (χ0n) is 13.1. The first-order chi connectivity index (χ1) is 11.7. The van der Waals surface area contributed by atoms with E-state index in [9.17, 15) is 4.79 Å². The van der Waals surface area contributed by atoms with Crippen molar-refractivity contribution in [2.24, 2.45) is 12.1 Å². The quantitative estimate of drug-likeness (QED) is 0.463. The predicted molar refractivity (Wildman–Crippen MR) is 94.2 cm³/mol. The molecule has 2 aromatic heterocycles. The van der Waals surface area contributed by atoms with E-state index in [2.05, 4.69) is 10.5 Å². The Hall–Kier alpha value is -3.34. The van der Waals surface area contributed by atoms with Crippen molar-refractivity contribution in [3.05, 3.63) is 72.1 Å². The van der Waals surface area contributed by atoms with Gasteiger partial charge in [-0.2, -0.15) is 5.10 Å². The van der Waals surface area contributed by atoms with Gasteiger partial charge in [-0.3, -0.25) is 4.79 Å². The lowest BCUT2D eigenvalue weighted by Crippen LogP contribution is -2.16. The van der Waals surface area contributed by atoms with Gasteiger partial charge >= 0.3 is 5.91 Å². The molecule has 5 nitrogen and oxygen atoms in total. The van der Waals surface area contributed by atoms with Gasteiger partial charge in [0.25, 0.3) is 0 Å². The SMILES string of the molecule is Cn1cc(/C=N\NC(=O)c2cc3ccccc3o2)c2ccccc21. The number of nitrogens with zero attached hydrogens (tertiary/aromatic N) is 2. The Kier molecular flexibility index (Phi) is 3.39. The van der Waals surface area contributed by atoms with E-state index in [0.717, 1.165) is 21.9 Å². The third-order valence-electron chi connectivity index (χ3n) is 3.95.